The van der Waals surface area contributed by atoms with Crippen LogP contribution >= 0.6 is 0 Å². The molecule has 3 aromatic heterocycles. The van der Waals surface area contributed by atoms with Crippen molar-refractivity contribution < 1.29 is 17.6 Å². The molecule has 4 heterocycles. The van der Waals surface area contributed by atoms with E-state index in [0.29, 0.717) is 11.4 Å². The Hall–Kier alpha value is -3.69. The second-order valence-corrected chi connectivity index (χ2v) is 6.54. The van der Waals surface area contributed by atoms with E-state index in [1.807, 2.05) is 0 Å². The first-order valence-corrected chi connectivity index (χ1v) is 8.82. The smallest absolute Gasteiger partial charge is 0.224 e. The van der Waals surface area contributed by atoms with Gasteiger partial charge in [-0.25, -0.2) is 24.3 Å². The fourth-order valence-corrected chi connectivity index (χ4v) is 2.87. The lowest BCUT2D eigenvalue weighted by Crippen LogP contribution is -2.28. The van der Waals surface area contributed by atoms with E-state index >= 15 is 0 Å². The van der Waals surface area contributed by atoms with Crippen molar-refractivity contribution in [1.82, 2.24) is 25.3 Å². The maximum atomic E-state index is 14.7. The van der Waals surface area contributed by atoms with Crippen LogP contribution in [0.2, 0.25) is 0 Å². The molecule has 1 unspecified atom stereocenters. The predicted molar refractivity (Wildman–Crippen MR) is 101 cm³/mol. The van der Waals surface area contributed by atoms with Crippen molar-refractivity contribution in [2.45, 2.75) is 20.1 Å². The van der Waals surface area contributed by atoms with Gasteiger partial charge in [0.05, 0.1) is 16.7 Å². The highest BCUT2D eigenvalue weighted by Gasteiger charge is 2.25. The lowest BCUT2D eigenvalue weighted by molar-refractivity contribution is 0.420. The van der Waals surface area contributed by atoms with E-state index in [1.165, 1.54) is 18.2 Å². The fraction of sp³-hybridized carbons (Fsp3) is 0.150. The third-order valence-corrected chi connectivity index (χ3v) is 4.39. The first kappa shape index (κ1) is 19.6. The van der Waals surface area contributed by atoms with Crippen molar-refractivity contribution in [2.24, 2.45) is 4.99 Å². The summed E-state index contributed by atoms with van der Waals surface area (Å²) in [6.07, 6.45) is 0.191. The average Bonchev–Trinajstić information content (AvgIpc) is 2.68. The molecular formula is C20H14F4N6. The number of pyridine rings is 2. The van der Waals surface area contributed by atoms with E-state index in [-0.39, 0.29) is 33.9 Å². The summed E-state index contributed by atoms with van der Waals surface area (Å²) in [5, 5.41) is 2.64. The van der Waals surface area contributed by atoms with Gasteiger partial charge in [0.1, 0.15) is 5.84 Å². The Bertz CT molecular complexity index is 1210. The van der Waals surface area contributed by atoms with Gasteiger partial charge in [-0.2, -0.15) is 18.2 Å². The monoisotopic (exact) mass is 414 g/mol. The Morgan fingerprint density at radius 2 is 1.40 bits per heavy atom. The quantitative estimate of drug-likeness (QED) is 0.306. The van der Waals surface area contributed by atoms with Crippen molar-refractivity contribution in [3.63, 3.8) is 0 Å². The molecule has 0 spiro atoms. The van der Waals surface area contributed by atoms with E-state index in [4.69, 9.17) is 0 Å². The van der Waals surface area contributed by atoms with Gasteiger partial charge in [-0.15, -0.1) is 0 Å². The van der Waals surface area contributed by atoms with Crippen LogP contribution in [0.5, 0.6) is 0 Å². The number of halogens is 4. The molecule has 0 saturated heterocycles. The molecule has 4 rings (SSSR count). The van der Waals surface area contributed by atoms with Crippen LogP contribution in [0, 0.1) is 31.7 Å². The summed E-state index contributed by atoms with van der Waals surface area (Å²) in [6, 6.07) is 5.89. The first-order chi connectivity index (χ1) is 14.3. The summed E-state index contributed by atoms with van der Waals surface area (Å²) < 4.78 is 57.3. The van der Waals surface area contributed by atoms with Crippen LogP contribution in [-0.4, -0.2) is 32.1 Å². The molecule has 3 aromatic rings. The number of amidine groups is 1. The molecular weight excluding hydrogens is 400 g/mol. The Kier molecular flexibility index (Phi) is 4.98. The van der Waals surface area contributed by atoms with E-state index in [1.54, 1.807) is 19.9 Å². The van der Waals surface area contributed by atoms with Gasteiger partial charge in [0.2, 0.25) is 24.1 Å². The van der Waals surface area contributed by atoms with Gasteiger partial charge in [-0.1, -0.05) is 0 Å². The van der Waals surface area contributed by atoms with Crippen LogP contribution in [-0.2, 0) is 0 Å². The van der Waals surface area contributed by atoms with Gasteiger partial charge in [-0.3, -0.25) is 0 Å². The zero-order valence-electron chi connectivity index (χ0n) is 15.8. The SMILES string of the molecule is Cc1ccc(C2=NC(F)C(c3cnc(-c4ccc(C)nc4F)nc3F)=CN2)c(F)n1. The zero-order chi connectivity index (χ0) is 21.4. The van der Waals surface area contributed by atoms with Crippen molar-refractivity contribution in [3.8, 4) is 11.4 Å². The van der Waals surface area contributed by atoms with Gasteiger partial charge in [0.25, 0.3) is 0 Å². The van der Waals surface area contributed by atoms with E-state index < -0.39 is 24.1 Å². The molecule has 152 valence electrons. The number of nitrogens with one attached hydrogen (secondary N) is 1. The van der Waals surface area contributed by atoms with Crippen LogP contribution in [0.1, 0.15) is 22.5 Å². The van der Waals surface area contributed by atoms with E-state index in [9.17, 15) is 17.6 Å². The van der Waals surface area contributed by atoms with Gasteiger partial charge in [0, 0.05) is 29.4 Å². The Labute approximate surface area is 168 Å². The van der Waals surface area contributed by atoms with Crippen molar-refractivity contribution in [2.75, 3.05) is 0 Å². The van der Waals surface area contributed by atoms with Gasteiger partial charge in [0.15, 0.2) is 5.82 Å². The van der Waals surface area contributed by atoms with Crippen molar-refractivity contribution >= 4 is 11.4 Å². The van der Waals surface area contributed by atoms with E-state index in [0.717, 1.165) is 12.4 Å². The Morgan fingerprint density at radius 3 is 1.97 bits per heavy atom. The lowest BCUT2D eigenvalue weighted by atomic mass is 10.1. The highest BCUT2D eigenvalue weighted by atomic mass is 19.1. The molecule has 0 amide bonds. The molecule has 6 nitrogen and oxygen atoms in total. The highest BCUT2D eigenvalue weighted by molar-refractivity contribution is 6.01. The molecule has 0 saturated carbocycles. The second-order valence-electron chi connectivity index (χ2n) is 6.54. The lowest BCUT2D eigenvalue weighted by Gasteiger charge is -2.19. The third-order valence-electron chi connectivity index (χ3n) is 4.39. The Morgan fingerprint density at radius 1 is 0.800 bits per heavy atom. The summed E-state index contributed by atoms with van der Waals surface area (Å²) in [4.78, 5) is 18.6. The normalized spacial score (nSPS) is 16.0. The number of aliphatic imine (C=N–C) groups is 1. The molecule has 0 aromatic carbocycles. The van der Waals surface area contributed by atoms with Crippen LogP contribution in [0.3, 0.4) is 0 Å². The van der Waals surface area contributed by atoms with Crippen molar-refractivity contribution in [3.05, 3.63) is 77.0 Å². The number of rotatable bonds is 3. The maximum Gasteiger partial charge on any atom is 0.224 e. The molecule has 1 aliphatic rings. The number of aryl methyl sites for hydroxylation is 2. The topological polar surface area (TPSA) is 76.0 Å². The van der Waals surface area contributed by atoms with Crippen LogP contribution in [0.25, 0.3) is 17.0 Å². The standard InChI is InChI=1S/C20H14F4N6/c1-9-3-5-11(15(21)27-9)19-25-7-13(17(23)29-19)14-8-26-20(30-18(14)24)12-6-4-10(2)28-16(12)22/h3-8,17H,1-2H3,(H,25,29). The third kappa shape index (κ3) is 3.63. The molecule has 30 heavy (non-hydrogen) atoms. The number of hydrogen-bond acceptors (Lipinski definition) is 6. The zero-order valence-corrected chi connectivity index (χ0v) is 15.8. The minimum Gasteiger partial charge on any atom is -0.346 e. The molecule has 0 radical (unpaired) electrons. The first-order valence-electron chi connectivity index (χ1n) is 8.82. The fourth-order valence-electron chi connectivity index (χ4n) is 2.87. The predicted octanol–water partition coefficient (Wildman–Crippen LogP) is 3.65. The number of alkyl halides is 1. The van der Waals surface area contributed by atoms with Gasteiger partial charge < -0.3 is 5.32 Å². The highest BCUT2D eigenvalue weighted by Crippen LogP contribution is 2.27. The van der Waals surface area contributed by atoms with Crippen LogP contribution in [0.4, 0.5) is 17.6 Å². The minimum atomic E-state index is -2.00. The summed E-state index contributed by atoms with van der Waals surface area (Å²) in [6.45, 7) is 3.22. The maximum absolute atomic E-state index is 14.7. The van der Waals surface area contributed by atoms with Gasteiger partial charge >= 0.3 is 0 Å². The summed E-state index contributed by atoms with van der Waals surface area (Å²) >= 11 is 0. The second kappa shape index (κ2) is 7.62. The number of hydrogen-bond donors (Lipinski definition) is 1. The van der Waals surface area contributed by atoms with Crippen LogP contribution in [0.15, 0.2) is 41.7 Å². The molecule has 1 atom stereocenters. The number of aromatic nitrogens is 4. The van der Waals surface area contributed by atoms with Crippen molar-refractivity contribution in [1.29, 1.82) is 0 Å². The van der Waals surface area contributed by atoms with Gasteiger partial charge in [-0.05, 0) is 38.1 Å². The molecule has 0 fully saturated rings. The minimum absolute atomic E-state index is 0.0204. The Balaban J connectivity index is 1.63. The molecule has 1 N–H and O–H groups in total. The average molecular weight is 414 g/mol. The summed E-state index contributed by atoms with van der Waals surface area (Å²) in [7, 11) is 0. The molecule has 10 heteroatoms. The molecule has 1 aliphatic heterocycles. The summed E-state index contributed by atoms with van der Waals surface area (Å²) in [5.74, 6) is -3.01. The van der Waals surface area contributed by atoms with Crippen LogP contribution < -0.4 is 5.32 Å². The largest absolute Gasteiger partial charge is 0.346 e. The number of nitrogens with zero attached hydrogens (tertiary/aromatic N) is 5. The van der Waals surface area contributed by atoms with E-state index in [2.05, 4.69) is 30.2 Å². The molecule has 0 bridgehead atoms. The summed E-state index contributed by atoms with van der Waals surface area (Å²) in [5.41, 5.74) is 0.352. The molecule has 0 aliphatic carbocycles.